The molecule has 8 heteroatoms. The number of allylic oxidation sites excluding steroid dienone is 9. The molecule has 5 aliphatic rings. The third kappa shape index (κ3) is 7.31. The van der Waals surface area contributed by atoms with Crippen molar-refractivity contribution in [3.05, 3.63) is 142 Å². The molecule has 0 radical (unpaired) electrons. The molecule has 1 aromatic heterocycles. The van der Waals surface area contributed by atoms with E-state index in [0.29, 0.717) is 19.0 Å². The Bertz CT molecular complexity index is 2030. The number of rotatable bonds is 13. The van der Waals surface area contributed by atoms with Gasteiger partial charge in [-0.25, -0.2) is 15.0 Å². The second kappa shape index (κ2) is 16.1. The molecule has 52 heavy (non-hydrogen) atoms. The molecule has 0 spiro atoms. The lowest BCUT2D eigenvalue weighted by Crippen LogP contribution is -2.29. The molecule has 8 bridgehead atoms. The first-order valence-corrected chi connectivity index (χ1v) is 19.1. The summed E-state index contributed by atoms with van der Waals surface area (Å²) in [6.07, 6.45) is 25.1. The molecule has 1 atom stereocenters. The van der Waals surface area contributed by atoms with E-state index < -0.39 is 0 Å². The lowest BCUT2D eigenvalue weighted by molar-refractivity contribution is 0.332. The minimum Gasteiger partial charge on any atom is -0.355 e. The van der Waals surface area contributed by atoms with Crippen LogP contribution in [0.1, 0.15) is 87.7 Å². The highest BCUT2D eigenvalue weighted by molar-refractivity contribution is 6.34. The van der Waals surface area contributed by atoms with Crippen molar-refractivity contribution in [3.63, 3.8) is 0 Å². The van der Waals surface area contributed by atoms with Crippen LogP contribution in [-0.2, 0) is 0 Å². The van der Waals surface area contributed by atoms with Gasteiger partial charge in [-0.1, -0.05) is 62.9 Å². The number of benzene rings is 1. The van der Waals surface area contributed by atoms with E-state index in [4.69, 9.17) is 26.4 Å². The number of aromatic nitrogens is 1. The van der Waals surface area contributed by atoms with Gasteiger partial charge in [0.25, 0.3) is 0 Å². The van der Waals surface area contributed by atoms with Crippen LogP contribution >= 0.6 is 0 Å². The van der Waals surface area contributed by atoms with Crippen LogP contribution in [0, 0.1) is 12.8 Å². The first-order chi connectivity index (χ1) is 25.5. The Morgan fingerprint density at radius 3 is 2.02 bits per heavy atom. The first kappa shape index (κ1) is 35.4. The summed E-state index contributed by atoms with van der Waals surface area (Å²) < 4.78 is 0. The van der Waals surface area contributed by atoms with Gasteiger partial charge in [0, 0.05) is 47.1 Å². The van der Waals surface area contributed by atoms with Gasteiger partial charge in [0.1, 0.15) is 5.82 Å². The fourth-order valence-electron chi connectivity index (χ4n) is 7.53. The molecule has 5 aliphatic heterocycles. The topological polar surface area (TPSA) is 120 Å². The minimum absolute atomic E-state index is 0.589. The summed E-state index contributed by atoms with van der Waals surface area (Å²) in [7, 11) is 0. The standard InChI is InChI=1S/C44H52N8/c1-4-6-9-30(5-2)28-52-27-26-47-44(52)43-40-22-18-36(50-40)32(10-7-24-45)34-16-20-38(48-34)42(31-14-12-29(3)13-15-31)39-21-17-35(49-39)33(11-8-25-46)37-19-23-41(43)51-37/h12-23,26-27,30,47-48H,4-11,24-25,28,45-46H2,1-3H3/b36-32?,37-33?,42-39?,44-43+. The third-order valence-corrected chi connectivity index (χ3v) is 10.5. The molecule has 6 heterocycles. The zero-order chi connectivity index (χ0) is 36.0. The van der Waals surface area contributed by atoms with E-state index >= 15 is 0 Å². The number of aromatic amines is 1. The SMILES string of the molecule is CCCCC(CC)CN1C=CN/C1=C1\C2=NC(=C(CCCN)C3=NC(=C(c4ccc(C)cc4)c4ccc([nH]4)C(CCCN)=C4C=CC1=N4)C=C3)C=C2. The first-order valence-electron chi connectivity index (χ1n) is 19.1. The quantitative estimate of drug-likeness (QED) is 0.169. The average Bonchev–Trinajstić information content (AvgIpc) is 4.01. The Kier molecular flexibility index (Phi) is 10.9. The summed E-state index contributed by atoms with van der Waals surface area (Å²) >= 11 is 0. The number of fused-ring (bicyclic) bond motifs is 5. The maximum Gasteiger partial charge on any atom is 0.121 e. The Morgan fingerprint density at radius 1 is 0.692 bits per heavy atom. The molecule has 0 saturated carbocycles. The van der Waals surface area contributed by atoms with Gasteiger partial charge in [-0.3, -0.25) is 0 Å². The monoisotopic (exact) mass is 692 g/mol. The van der Waals surface area contributed by atoms with Gasteiger partial charge in [0.05, 0.1) is 39.8 Å². The molecule has 0 fully saturated rings. The number of hydrogen-bond donors (Lipinski definition) is 4. The number of unbranched alkanes of at least 4 members (excludes halogenated alkanes) is 1. The van der Waals surface area contributed by atoms with Gasteiger partial charge in [-0.2, -0.15) is 0 Å². The van der Waals surface area contributed by atoms with Gasteiger partial charge in [0.15, 0.2) is 0 Å². The number of hydrogen-bond acceptors (Lipinski definition) is 7. The minimum atomic E-state index is 0.589. The molecular formula is C44H52N8. The molecule has 0 amide bonds. The maximum absolute atomic E-state index is 6.10. The molecule has 2 aromatic rings. The van der Waals surface area contributed by atoms with Crippen molar-refractivity contribution in [1.82, 2.24) is 15.2 Å². The Balaban J connectivity index is 1.45. The molecule has 1 aromatic carbocycles. The van der Waals surface area contributed by atoms with E-state index in [1.54, 1.807) is 0 Å². The largest absolute Gasteiger partial charge is 0.355 e. The number of nitrogens with one attached hydrogen (secondary N) is 2. The third-order valence-electron chi connectivity index (χ3n) is 10.5. The van der Waals surface area contributed by atoms with Crippen LogP contribution in [0.3, 0.4) is 0 Å². The molecule has 8 nitrogen and oxygen atoms in total. The van der Waals surface area contributed by atoms with Crippen molar-refractivity contribution in [2.24, 2.45) is 32.4 Å². The molecule has 6 N–H and O–H groups in total. The lowest BCUT2D eigenvalue weighted by Gasteiger charge is -2.26. The zero-order valence-corrected chi connectivity index (χ0v) is 30.9. The van der Waals surface area contributed by atoms with E-state index in [9.17, 15) is 0 Å². The highest BCUT2D eigenvalue weighted by Crippen LogP contribution is 2.37. The predicted molar refractivity (Wildman–Crippen MR) is 218 cm³/mol. The molecule has 268 valence electrons. The van der Waals surface area contributed by atoms with Crippen LogP contribution in [0.5, 0.6) is 0 Å². The summed E-state index contributed by atoms with van der Waals surface area (Å²) in [4.78, 5) is 22.3. The summed E-state index contributed by atoms with van der Waals surface area (Å²) in [6.45, 7) is 8.82. The Labute approximate surface area is 308 Å². The van der Waals surface area contributed by atoms with Gasteiger partial charge in [-0.15, -0.1) is 0 Å². The van der Waals surface area contributed by atoms with Gasteiger partial charge in [0.2, 0.25) is 0 Å². The van der Waals surface area contributed by atoms with Crippen molar-refractivity contribution in [3.8, 4) is 0 Å². The van der Waals surface area contributed by atoms with Gasteiger partial charge in [-0.05, 0) is 112 Å². The second-order valence-electron chi connectivity index (χ2n) is 14.2. The van der Waals surface area contributed by atoms with Crippen molar-refractivity contribution in [2.75, 3.05) is 19.6 Å². The van der Waals surface area contributed by atoms with Crippen LogP contribution in [-0.4, -0.2) is 46.7 Å². The highest BCUT2D eigenvalue weighted by atomic mass is 15.3. The Morgan fingerprint density at radius 2 is 1.33 bits per heavy atom. The van der Waals surface area contributed by atoms with Crippen molar-refractivity contribution >= 4 is 28.3 Å². The molecule has 0 aliphatic carbocycles. The van der Waals surface area contributed by atoms with E-state index in [2.05, 4.69) is 115 Å². The highest BCUT2D eigenvalue weighted by Gasteiger charge is 2.29. The average molecular weight is 693 g/mol. The fraction of sp³-hybridized carbons (Fsp3) is 0.341. The smallest absolute Gasteiger partial charge is 0.121 e. The molecular weight excluding hydrogens is 641 g/mol. The van der Waals surface area contributed by atoms with Crippen LogP contribution in [0.2, 0.25) is 0 Å². The van der Waals surface area contributed by atoms with E-state index in [-0.39, 0.29) is 0 Å². The summed E-state index contributed by atoms with van der Waals surface area (Å²) in [5.74, 6) is 1.61. The number of aliphatic imine (C=N–C) groups is 3. The van der Waals surface area contributed by atoms with Gasteiger partial charge < -0.3 is 26.7 Å². The fourth-order valence-corrected chi connectivity index (χ4v) is 7.53. The number of H-pyrrole nitrogens is 1. The van der Waals surface area contributed by atoms with Gasteiger partial charge >= 0.3 is 0 Å². The second-order valence-corrected chi connectivity index (χ2v) is 14.2. The van der Waals surface area contributed by atoms with Crippen LogP contribution in [0.4, 0.5) is 0 Å². The predicted octanol–water partition coefficient (Wildman–Crippen LogP) is 8.38. The number of nitrogens with zero attached hydrogens (tertiary/aromatic N) is 4. The summed E-state index contributed by atoms with van der Waals surface area (Å²) in [5.41, 5.74) is 26.4. The Hall–Kier alpha value is -5.05. The lowest BCUT2D eigenvalue weighted by atomic mass is 9.98. The molecule has 0 saturated heterocycles. The van der Waals surface area contributed by atoms with E-state index in [1.807, 2.05) is 6.20 Å². The van der Waals surface area contributed by atoms with Crippen LogP contribution in [0.25, 0.3) is 11.1 Å². The maximum atomic E-state index is 6.10. The van der Waals surface area contributed by atoms with E-state index in [0.717, 1.165) is 118 Å². The van der Waals surface area contributed by atoms with Crippen molar-refractivity contribution < 1.29 is 0 Å². The normalized spacial score (nSPS) is 19.7. The van der Waals surface area contributed by atoms with Crippen LogP contribution in [0.15, 0.2) is 134 Å². The van der Waals surface area contributed by atoms with E-state index in [1.165, 1.54) is 24.8 Å². The zero-order valence-electron chi connectivity index (χ0n) is 30.9. The number of aryl methyl sites for hydroxylation is 1. The van der Waals surface area contributed by atoms with Crippen molar-refractivity contribution in [2.45, 2.75) is 72.1 Å². The van der Waals surface area contributed by atoms with Crippen molar-refractivity contribution in [1.29, 1.82) is 0 Å². The molecule has 1 unspecified atom stereocenters. The molecule has 7 rings (SSSR count). The van der Waals surface area contributed by atoms with Crippen LogP contribution < -0.4 is 16.8 Å². The number of nitrogens with two attached hydrogens (primary N) is 2. The summed E-state index contributed by atoms with van der Waals surface area (Å²) in [5, 5.41) is 3.61. The summed E-state index contributed by atoms with van der Waals surface area (Å²) in [6, 6.07) is 13.0.